The van der Waals surface area contributed by atoms with Crippen molar-refractivity contribution in [1.82, 2.24) is 4.90 Å². The molecular weight excluding hydrogens is 336 g/mol. The van der Waals surface area contributed by atoms with Crippen molar-refractivity contribution >= 4 is 0 Å². The zero-order valence-corrected chi connectivity index (χ0v) is 14.0. The third kappa shape index (κ3) is 2.28. The fourth-order valence-corrected chi connectivity index (χ4v) is 3.93. The maximum absolute atomic E-state index is 14.6. The Morgan fingerprint density at radius 3 is 2.54 bits per heavy atom. The summed E-state index contributed by atoms with van der Waals surface area (Å²) < 4.78 is 28.5. The Labute approximate surface area is 149 Å². The molecule has 3 rings (SSSR count). The van der Waals surface area contributed by atoms with Gasteiger partial charge >= 0.3 is 0 Å². The number of benzene rings is 1. The van der Waals surface area contributed by atoms with Gasteiger partial charge in [0, 0.05) is 24.9 Å². The summed E-state index contributed by atoms with van der Waals surface area (Å²) in [5.41, 5.74) is 4.51. The van der Waals surface area contributed by atoms with Crippen molar-refractivity contribution in [2.24, 2.45) is 17.1 Å². The van der Waals surface area contributed by atoms with Crippen LogP contribution < -0.4 is 5.73 Å². The highest BCUT2D eigenvalue weighted by Crippen LogP contribution is 2.54. The summed E-state index contributed by atoms with van der Waals surface area (Å²) in [6.45, 7) is 0.935. The zero-order valence-electron chi connectivity index (χ0n) is 14.0. The Morgan fingerprint density at radius 2 is 1.92 bits per heavy atom. The molecule has 130 valence electrons. The average Bonchev–Trinajstić information content (AvgIpc) is 2.64. The van der Waals surface area contributed by atoms with Gasteiger partial charge < -0.3 is 10.6 Å². The molecule has 5 nitrogen and oxygen atoms in total. The molecule has 0 radical (unpaired) electrons. The van der Waals surface area contributed by atoms with Crippen LogP contribution in [0.5, 0.6) is 0 Å². The highest BCUT2D eigenvalue weighted by molar-refractivity contribution is 5.59. The lowest BCUT2D eigenvalue weighted by Gasteiger charge is -2.45. The topological polar surface area (TPSA) is 101 Å². The first-order chi connectivity index (χ1) is 12.4. The first-order valence-corrected chi connectivity index (χ1v) is 7.97. The molecule has 0 fully saturated rings. The number of nitrogens with zero attached hydrogens (tertiary/aromatic N) is 4. The van der Waals surface area contributed by atoms with Crippen molar-refractivity contribution in [3.63, 3.8) is 0 Å². The lowest BCUT2D eigenvalue weighted by atomic mass is 9.58. The number of rotatable bonds is 1. The van der Waals surface area contributed by atoms with Gasteiger partial charge in [0.1, 0.15) is 6.07 Å². The number of allylic oxidation sites excluding steroid dienone is 2. The van der Waals surface area contributed by atoms with Gasteiger partial charge in [0.2, 0.25) is 0 Å². The van der Waals surface area contributed by atoms with Gasteiger partial charge in [-0.05, 0) is 24.3 Å². The minimum atomic E-state index is -1.96. The van der Waals surface area contributed by atoms with E-state index < -0.39 is 28.9 Å². The summed E-state index contributed by atoms with van der Waals surface area (Å²) in [6.07, 6.45) is 1.79. The largest absolute Gasteiger partial charge is 0.399 e. The third-order valence-electron chi connectivity index (χ3n) is 5.16. The van der Waals surface area contributed by atoms with Crippen molar-refractivity contribution in [1.29, 1.82) is 15.8 Å². The van der Waals surface area contributed by atoms with Gasteiger partial charge in [0.05, 0.1) is 23.4 Å². The average molecular weight is 351 g/mol. The van der Waals surface area contributed by atoms with E-state index >= 15 is 0 Å². The van der Waals surface area contributed by atoms with Gasteiger partial charge in [-0.2, -0.15) is 15.8 Å². The van der Waals surface area contributed by atoms with Crippen LogP contribution in [0.25, 0.3) is 0 Å². The van der Waals surface area contributed by atoms with Gasteiger partial charge in [-0.1, -0.05) is 18.2 Å². The molecular formula is C19H15F2N5. The Kier molecular flexibility index (Phi) is 4.24. The van der Waals surface area contributed by atoms with E-state index in [1.54, 1.807) is 6.08 Å². The van der Waals surface area contributed by atoms with Crippen LogP contribution in [0.1, 0.15) is 11.5 Å². The summed E-state index contributed by atoms with van der Waals surface area (Å²) in [4.78, 5) is 1.92. The van der Waals surface area contributed by atoms with Gasteiger partial charge in [-0.25, -0.2) is 8.78 Å². The molecule has 26 heavy (non-hydrogen) atoms. The minimum absolute atomic E-state index is 0.0826. The van der Waals surface area contributed by atoms with E-state index in [0.29, 0.717) is 18.7 Å². The molecule has 0 saturated carbocycles. The van der Waals surface area contributed by atoms with Crippen LogP contribution in [0, 0.1) is 57.0 Å². The number of halogens is 2. The molecule has 1 aromatic carbocycles. The second-order valence-corrected chi connectivity index (χ2v) is 6.54. The Hall–Kier alpha value is -3.21. The number of hydrogen-bond donors (Lipinski definition) is 1. The maximum atomic E-state index is 14.6. The molecule has 2 atom stereocenters. The summed E-state index contributed by atoms with van der Waals surface area (Å²) in [7, 11) is 1.83. The first kappa shape index (κ1) is 17.6. The molecule has 1 aliphatic carbocycles. The van der Waals surface area contributed by atoms with E-state index in [1.165, 1.54) is 12.1 Å². The van der Waals surface area contributed by atoms with Gasteiger partial charge in [-0.3, -0.25) is 0 Å². The highest BCUT2D eigenvalue weighted by Gasteiger charge is 2.55. The van der Waals surface area contributed by atoms with Crippen molar-refractivity contribution in [2.45, 2.75) is 5.92 Å². The standard InChI is InChI=1S/C19H15F2N5/c1-26-6-5-11-13(7-22)18(25)19(9-23,10-24)16(14(11)8-26)12-3-2-4-15(20)17(12)21/h2-5,14,16H,6,8,25H2,1H3/t14-,16+/m0/s1. The quantitative estimate of drug-likeness (QED) is 0.837. The lowest BCUT2D eigenvalue weighted by Crippen LogP contribution is -2.47. The summed E-state index contributed by atoms with van der Waals surface area (Å²) in [5, 5.41) is 29.2. The summed E-state index contributed by atoms with van der Waals surface area (Å²) >= 11 is 0. The van der Waals surface area contributed by atoms with Gasteiger partial charge in [0.15, 0.2) is 17.0 Å². The minimum Gasteiger partial charge on any atom is -0.399 e. The van der Waals surface area contributed by atoms with Crippen LogP contribution in [0.2, 0.25) is 0 Å². The van der Waals surface area contributed by atoms with Crippen molar-refractivity contribution in [3.8, 4) is 18.2 Å². The molecule has 2 aliphatic rings. The van der Waals surface area contributed by atoms with E-state index in [1.807, 2.05) is 30.2 Å². The third-order valence-corrected chi connectivity index (χ3v) is 5.16. The fourth-order valence-electron chi connectivity index (χ4n) is 3.93. The van der Waals surface area contributed by atoms with E-state index in [2.05, 4.69) is 0 Å². The van der Waals surface area contributed by atoms with Crippen LogP contribution in [-0.2, 0) is 0 Å². The SMILES string of the molecule is CN1CC=C2C(C#N)=C(N)C(C#N)(C#N)[C@H](c3cccc(F)c3F)[C@H]2C1. The molecule has 2 N–H and O–H groups in total. The number of fused-ring (bicyclic) bond motifs is 1. The zero-order chi connectivity index (χ0) is 19.1. The maximum Gasteiger partial charge on any atom is 0.191 e. The molecule has 0 unspecified atom stereocenters. The Morgan fingerprint density at radius 1 is 1.23 bits per heavy atom. The van der Waals surface area contributed by atoms with Crippen molar-refractivity contribution in [2.75, 3.05) is 20.1 Å². The van der Waals surface area contributed by atoms with Crippen LogP contribution in [0.3, 0.4) is 0 Å². The second kappa shape index (κ2) is 6.26. The second-order valence-electron chi connectivity index (χ2n) is 6.54. The molecule has 0 aromatic heterocycles. The van der Waals surface area contributed by atoms with E-state index in [-0.39, 0.29) is 16.8 Å². The number of nitrogens with two attached hydrogens (primary N) is 1. The van der Waals surface area contributed by atoms with Gasteiger partial charge in [-0.15, -0.1) is 0 Å². The van der Waals surface area contributed by atoms with E-state index in [4.69, 9.17) is 5.73 Å². The first-order valence-electron chi connectivity index (χ1n) is 7.97. The van der Waals surface area contributed by atoms with Crippen LogP contribution in [0.4, 0.5) is 8.78 Å². The summed E-state index contributed by atoms with van der Waals surface area (Å²) in [6, 6.07) is 9.45. The normalized spacial score (nSPS) is 24.7. The number of nitriles is 3. The van der Waals surface area contributed by atoms with Crippen molar-refractivity contribution < 1.29 is 8.78 Å². The van der Waals surface area contributed by atoms with Crippen LogP contribution in [-0.4, -0.2) is 25.0 Å². The van der Waals surface area contributed by atoms with E-state index in [0.717, 1.165) is 6.07 Å². The number of hydrogen-bond acceptors (Lipinski definition) is 5. The Bertz CT molecular complexity index is 944. The summed E-state index contributed by atoms with van der Waals surface area (Å²) in [5.74, 6) is -3.73. The molecule has 0 saturated heterocycles. The van der Waals surface area contributed by atoms with E-state index in [9.17, 15) is 24.6 Å². The lowest BCUT2D eigenvalue weighted by molar-refractivity contribution is 0.233. The van der Waals surface area contributed by atoms with Crippen LogP contribution >= 0.6 is 0 Å². The molecule has 1 aliphatic heterocycles. The molecule has 0 bridgehead atoms. The predicted molar refractivity (Wildman–Crippen MR) is 88.7 cm³/mol. The molecule has 1 aromatic rings. The van der Waals surface area contributed by atoms with Gasteiger partial charge in [0.25, 0.3) is 0 Å². The number of likely N-dealkylation sites (N-methyl/N-ethyl adjacent to an activating group) is 1. The van der Waals surface area contributed by atoms with Crippen LogP contribution in [0.15, 0.2) is 41.1 Å². The monoisotopic (exact) mass is 351 g/mol. The molecule has 0 amide bonds. The molecule has 7 heteroatoms. The predicted octanol–water partition coefficient (Wildman–Crippen LogP) is 2.32. The highest BCUT2D eigenvalue weighted by atomic mass is 19.2. The smallest absolute Gasteiger partial charge is 0.191 e. The van der Waals surface area contributed by atoms with Crippen molar-refractivity contribution in [3.05, 3.63) is 58.3 Å². The Balaban J connectivity index is 2.39. The fraction of sp³-hybridized carbons (Fsp3) is 0.316. The molecule has 1 heterocycles. The molecule has 0 spiro atoms.